The van der Waals surface area contributed by atoms with E-state index in [1.807, 2.05) is 32.9 Å². The number of aryl methyl sites for hydroxylation is 1. The van der Waals surface area contributed by atoms with E-state index >= 15 is 0 Å². The number of sulfonamides is 1. The van der Waals surface area contributed by atoms with Crippen molar-refractivity contribution in [3.63, 3.8) is 0 Å². The molecule has 0 saturated heterocycles. The van der Waals surface area contributed by atoms with E-state index in [4.69, 9.17) is 23.2 Å². The van der Waals surface area contributed by atoms with Crippen LogP contribution in [0.25, 0.3) is 0 Å². The molecule has 2 aromatic carbocycles. The molecule has 7 nitrogen and oxygen atoms in total. The van der Waals surface area contributed by atoms with Crippen LogP contribution in [-0.4, -0.2) is 50.5 Å². The Morgan fingerprint density at radius 1 is 0.972 bits per heavy atom. The van der Waals surface area contributed by atoms with Crippen molar-refractivity contribution in [1.82, 2.24) is 10.2 Å². The van der Waals surface area contributed by atoms with Crippen molar-refractivity contribution in [2.75, 3.05) is 23.7 Å². The van der Waals surface area contributed by atoms with Gasteiger partial charge < -0.3 is 10.2 Å². The summed E-state index contributed by atoms with van der Waals surface area (Å²) in [6.07, 6.45) is 2.81. The zero-order valence-electron chi connectivity index (χ0n) is 21.3. The summed E-state index contributed by atoms with van der Waals surface area (Å²) in [5.74, 6) is -0.476. The molecule has 2 aromatic rings. The van der Waals surface area contributed by atoms with E-state index in [1.54, 1.807) is 30.3 Å². The minimum Gasteiger partial charge on any atom is -0.355 e. The van der Waals surface area contributed by atoms with Crippen LogP contribution in [0.2, 0.25) is 10.0 Å². The first kappa shape index (κ1) is 29.9. The van der Waals surface area contributed by atoms with Crippen LogP contribution in [0.5, 0.6) is 0 Å². The number of halogens is 2. The van der Waals surface area contributed by atoms with Gasteiger partial charge in [-0.1, -0.05) is 55.2 Å². The molecule has 0 heterocycles. The molecular formula is C26H35Cl2N3O4S. The maximum atomic E-state index is 13.4. The van der Waals surface area contributed by atoms with Gasteiger partial charge in [-0.2, -0.15) is 0 Å². The first-order valence-corrected chi connectivity index (χ1v) is 14.7. The molecule has 0 fully saturated rings. The van der Waals surface area contributed by atoms with Crippen LogP contribution < -0.4 is 9.62 Å². The molecule has 0 aliphatic heterocycles. The highest BCUT2D eigenvalue weighted by Crippen LogP contribution is 2.25. The van der Waals surface area contributed by atoms with Crippen molar-refractivity contribution in [3.8, 4) is 0 Å². The van der Waals surface area contributed by atoms with E-state index in [0.29, 0.717) is 35.1 Å². The summed E-state index contributed by atoms with van der Waals surface area (Å²) in [4.78, 5) is 27.7. The molecule has 1 N–H and O–H groups in total. The maximum Gasteiger partial charge on any atom is 0.242 e. The van der Waals surface area contributed by atoms with Crippen molar-refractivity contribution in [3.05, 3.63) is 63.6 Å². The monoisotopic (exact) mass is 555 g/mol. The number of benzene rings is 2. The lowest BCUT2D eigenvalue weighted by Gasteiger charge is -2.31. The summed E-state index contributed by atoms with van der Waals surface area (Å²) in [5, 5.41) is 3.57. The van der Waals surface area contributed by atoms with Crippen molar-refractivity contribution in [1.29, 1.82) is 0 Å². The predicted molar refractivity (Wildman–Crippen MR) is 147 cm³/mol. The molecule has 0 aromatic heterocycles. The summed E-state index contributed by atoms with van der Waals surface area (Å²) < 4.78 is 26.2. The molecule has 0 bridgehead atoms. The molecule has 0 aliphatic rings. The van der Waals surface area contributed by atoms with Crippen LogP contribution in [0.4, 0.5) is 5.69 Å². The van der Waals surface area contributed by atoms with Gasteiger partial charge in [-0.05, 0) is 61.6 Å². The average Bonchev–Trinajstić information content (AvgIpc) is 2.83. The van der Waals surface area contributed by atoms with Crippen LogP contribution in [0.15, 0.2) is 42.5 Å². The van der Waals surface area contributed by atoms with Gasteiger partial charge in [0.25, 0.3) is 0 Å². The Bertz CT molecular complexity index is 1140. The van der Waals surface area contributed by atoms with E-state index < -0.39 is 16.1 Å². The highest BCUT2D eigenvalue weighted by molar-refractivity contribution is 7.92. The summed E-state index contributed by atoms with van der Waals surface area (Å²) in [6, 6.07) is 11.8. The topological polar surface area (TPSA) is 86.8 Å². The van der Waals surface area contributed by atoms with E-state index in [9.17, 15) is 18.0 Å². The van der Waals surface area contributed by atoms with Gasteiger partial charge >= 0.3 is 0 Å². The normalized spacial score (nSPS) is 12.2. The van der Waals surface area contributed by atoms with E-state index in [1.165, 1.54) is 9.21 Å². The fourth-order valence-corrected chi connectivity index (χ4v) is 5.23. The van der Waals surface area contributed by atoms with Crippen LogP contribution in [0, 0.1) is 0 Å². The zero-order valence-corrected chi connectivity index (χ0v) is 23.6. The van der Waals surface area contributed by atoms with Gasteiger partial charge in [0.1, 0.15) is 6.04 Å². The fraction of sp³-hybridized carbons (Fsp3) is 0.462. The second kappa shape index (κ2) is 13.9. The van der Waals surface area contributed by atoms with E-state index in [-0.39, 0.29) is 31.3 Å². The molecule has 0 saturated carbocycles. The highest BCUT2D eigenvalue weighted by atomic mass is 35.5. The first-order valence-electron chi connectivity index (χ1n) is 12.1. The number of carbonyl (C=O) groups is 2. The molecule has 10 heteroatoms. The standard InChI is InChI=1S/C26H35Cl2N3O4S/c1-5-19-10-13-21(14-11-19)31(36(4,34)35)16-8-9-25(32)30(24(6-2)26(33)29-7-3)18-20-12-15-22(27)23(28)17-20/h10-15,17,24H,5-9,16,18H2,1-4H3,(H,29,33). The first-order chi connectivity index (χ1) is 17.0. The van der Waals surface area contributed by atoms with Crippen molar-refractivity contribution in [2.24, 2.45) is 0 Å². The quantitative estimate of drug-likeness (QED) is 0.374. The summed E-state index contributed by atoms with van der Waals surface area (Å²) in [7, 11) is -3.54. The second-order valence-electron chi connectivity index (χ2n) is 8.55. The minimum absolute atomic E-state index is 0.0797. The smallest absolute Gasteiger partial charge is 0.242 e. The van der Waals surface area contributed by atoms with Gasteiger partial charge in [0, 0.05) is 26.1 Å². The summed E-state index contributed by atoms with van der Waals surface area (Å²) in [5.41, 5.74) is 2.41. The zero-order chi connectivity index (χ0) is 26.9. The minimum atomic E-state index is -3.54. The third kappa shape index (κ3) is 8.39. The highest BCUT2D eigenvalue weighted by Gasteiger charge is 2.28. The van der Waals surface area contributed by atoms with Gasteiger partial charge in [-0.25, -0.2) is 8.42 Å². The number of rotatable bonds is 13. The van der Waals surface area contributed by atoms with Crippen LogP contribution in [-0.2, 0) is 32.6 Å². The van der Waals surface area contributed by atoms with E-state index in [2.05, 4.69) is 5.32 Å². The van der Waals surface area contributed by atoms with Crippen LogP contribution >= 0.6 is 23.2 Å². The largest absolute Gasteiger partial charge is 0.355 e. The van der Waals surface area contributed by atoms with Crippen molar-refractivity contribution in [2.45, 2.75) is 59.0 Å². The lowest BCUT2D eigenvalue weighted by atomic mass is 10.1. The van der Waals surface area contributed by atoms with Gasteiger partial charge in [-0.15, -0.1) is 0 Å². The second-order valence-corrected chi connectivity index (χ2v) is 11.3. The van der Waals surface area contributed by atoms with Crippen molar-refractivity contribution >= 4 is 50.7 Å². The Kier molecular flexibility index (Phi) is 11.5. The predicted octanol–water partition coefficient (Wildman–Crippen LogP) is 5.05. The number of hydrogen-bond acceptors (Lipinski definition) is 4. The van der Waals surface area contributed by atoms with Gasteiger partial charge in [0.15, 0.2) is 0 Å². The molecule has 0 radical (unpaired) electrons. The van der Waals surface area contributed by atoms with Crippen LogP contribution in [0.1, 0.15) is 51.2 Å². The van der Waals surface area contributed by atoms with E-state index in [0.717, 1.165) is 23.8 Å². The molecule has 2 amide bonds. The van der Waals surface area contributed by atoms with Gasteiger partial charge in [0.05, 0.1) is 22.0 Å². The van der Waals surface area contributed by atoms with Crippen molar-refractivity contribution < 1.29 is 18.0 Å². The molecule has 1 unspecified atom stereocenters. The molecule has 1 atom stereocenters. The summed E-state index contributed by atoms with van der Waals surface area (Å²) >= 11 is 12.2. The number of nitrogens with zero attached hydrogens (tertiary/aromatic N) is 2. The number of carbonyl (C=O) groups excluding carboxylic acids is 2. The third-order valence-corrected chi connectivity index (χ3v) is 7.79. The Balaban J connectivity index is 2.21. The number of hydrogen-bond donors (Lipinski definition) is 1. The number of nitrogens with one attached hydrogen (secondary N) is 1. The lowest BCUT2D eigenvalue weighted by Crippen LogP contribution is -2.49. The molecule has 198 valence electrons. The Morgan fingerprint density at radius 2 is 1.61 bits per heavy atom. The molecular weight excluding hydrogens is 521 g/mol. The Hall–Kier alpha value is -2.29. The molecule has 0 spiro atoms. The number of amides is 2. The SMILES string of the molecule is CCNC(=O)C(CC)N(Cc1ccc(Cl)c(Cl)c1)C(=O)CCCN(c1ccc(CC)cc1)S(C)(=O)=O. The molecule has 2 rings (SSSR count). The lowest BCUT2D eigenvalue weighted by molar-refractivity contribution is -0.141. The summed E-state index contributed by atoms with van der Waals surface area (Å²) in [6.45, 7) is 6.48. The third-order valence-electron chi connectivity index (χ3n) is 5.86. The molecule has 0 aliphatic carbocycles. The Morgan fingerprint density at radius 3 is 2.14 bits per heavy atom. The van der Waals surface area contributed by atoms with Gasteiger partial charge in [0.2, 0.25) is 21.8 Å². The molecule has 36 heavy (non-hydrogen) atoms. The maximum absolute atomic E-state index is 13.4. The Labute approximate surface area is 224 Å². The van der Waals surface area contributed by atoms with Crippen LogP contribution in [0.3, 0.4) is 0 Å². The number of anilines is 1. The van der Waals surface area contributed by atoms with Gasteiger partial charge in [-0.3, -0.25) is 13.9 Å². The number of likely N-dealkylation sites (N-methyl/N-ethyl adjacent to an activating group) is 1. The fourth-order valence-electron chi connectivity index (χ4n) is 3.95. The average molecular weight is 557 g/mol.